The average molecular weight is 373 g/mol. The van der Waals surface area contributed by atoms with Crippen molar-refractivity contribution in [1.29, 1.82) is 0 Å². The molecule has 0 fully saturated rings. The molecule has 2 aromatic carbocycles. The van der Waals surface area contributed by atoms with Gasteiger partial charge in [0, 0.05) is 5.56 Å². The highest BCUT2D eigenvalue weighted by atomic mass is 32.2. The van der Waals surface area contributed by atoms with E-state index in [1.54, 1.807) is 0 Å². The smallest absolute Gasteiger partial charge is 0.416 e. The zero-order valence-corrected chi connectivity index (χ0v) is 13.8. The van der Waals surface area contributed by atoms with Gasteiger partial charge in [0.15, 0.2) is 0 Å². The van der Waals surface area contributed by atoms with Crippen molar-refractivity contribution >= 4 is 15.9 Å². The Morgan fingerprint density at radius 2 is 1.72 bits per heavy atom. The minimum atomic E-state index is -4.48. The van der Waals surface area contributed by atoms with Crippen LogP contribution in [0.2, 0.25) is 0 Å². The van der Waals surface area contributed by atoms with Crippen LogP contribution in [0.25, 0.3) is 0 Å². The molecule has 0 aliphatic rings. The zero-order chi connectivity index (χ0) is 18.7. The third-order valence-electron chi connectivity index (χ3n) is 3.14. The fraction of sp³-hybridized carbons (Fsp3) is 0.188. The molecular formula is C16H14F3NO4S. The quantitative estimate of drug-likeness (QED) is 0.870. The lowest BCUT2D eigenvalue weighted by Crippen LogP contribution is -2.31. The monoisotopic (exact) mass is 373 g/mol. The number of carbonyl (C=O) groups excluding carboxylic acids is 1. The van der Waals surface area contributed by atoms with Gasteiger partial charge < -0.3 is 4.74 Å². The minimum absolute atomic E-state index is 0.0133. The first-order valence-corrected chi connectivity index (χ1v) is 8.76. The van der Waals surface area contributed by atoms with Crippen LogP contribution >= 0.6 is 0 Å². The van der Waals surface area contributed by atoms with E-state index >= 15 is 0 Å². The maximum atomic E-state index is 12.7. The Balaban J connectivity index is 2.12. The first kappa shape index (κ1) is 18.8. The van der Waals surface area contributed by atoms with E-state index in [4.69, 9.17) is 4.74 Å². The van der Waals surface area contributed by atoms with Crippen molar-refractivity contribution < 1.29 is 31.1 Å². The second-order valence-corrected chi connectivity index (χ2v) is 7.00. The van der Waals surface area contributed by atoms with E-state index in [0.717, 1.165) is 12.1 Å². The molecule has 0 aliphatic heterocycles. The van der Waals surface area contributed by atoms with Gasteiger partial charge in [0.25, 0.3) is 5.91 Å². The van der Waals surface area contributed by atoms with Gasteiger partial charge in [-0.25, -0.2) is 13.1 Å². The van der Waals surface area contributed by atoms with E-state index in [2.05, 4.69) is 0 Å². The lowest BCUT2D eigenvalue weighted by molar-refractivity contribution is -0.137. The molecule has 0 saturated heterocycles. The van der Waals surface area contributed by atoms with E-state index < -0.39 is 27.7 Å². The summed E-state index contributed by atoms with van der Waals surface area (Å²) in [7, 11) is -3.68. The highest BCUT2D eigenvalue weighted by molar-refractivity contribution is 7.90. The van der Waals surface area contributed by atoms with Crippen LogP contribution in [0, 0.1) is 0 Å². The molecule has 2 aromatic rings. The molecule has 25 heavy (non-hydrogen) atoms. The van der Waals surface area contributed by atoms with Gasteiger partial charge in [0.05, 0.1) is 11.3 Å². The Morgan fingerprint density at radius 1 is 1.08 bits per heavy atom. The molecule has 134 valence electrons. The van der Waals surface area contributed by atoms with Crippen molar-refractivity contribution in [2.45, 2.75) is 13.1 Å². The van der Waals surface area contributed by atoms with Gasteiger partial charge in [-0.3, -0.25) is 4.79 Å². The summed E-state index contributed by atoms with van der Waals surface area (Å²) in [5.74, 6) is -0.850. The fourth-order valence-electron chi connectivity index (χ4n) is 1.82. The second-order valence-electron chi connectivity index (χ2n) is 4.99. The van der Waals surface area contributed by atoms with Crippen molar-refractivity contribution in [2.75, 3.05) is 5.75 Å². The summed E-state index contributed by atoms with van der Waals surface area (Å²) in [6.07, 6.45) is -4.48. The van der Waals surface area contributed by atoms with Crippen LogP contribution in [-0.4, -0.2) is 20.1 Å². The zero-order valence-electron chi connectivity index (χ0n) is 13.0. The normalized spacial score (nSPS) is 11.8. The average Bonchev–Trinajstić information content (AvgIpc) is 2.54. The Bertz CT molecular complexity index is 862. The third kappa shape index (κ3) is 5.21. The van der Waals surface area contributed by atoms with Crippen LogP contribution in [0.5, 0.6) is 11.5 Å². The second kappa shape index (κ2) is 7.14. The Hall–Kier alpha value is -2.55. The number of hydrogen-bond acceptors (Lipinski definition) is 4. The van der Waals surface area contributed by atoms with Crippen molar-refractivity contribution in [2.24, 2.45) is 0 Å². The predicted molar refractivity (Wildman–Crippen MR) is 84.9 cm³/mol. The first-order valence-electron chi connectivity index (χ1n) is 7.11. The number of sulfonamides is 1. The van der Waals surface area contributed by atoms with Crippen LogP contribution < -0.4 is 9.46 Å². The number of carbonyl (C=O) groups is 1. The van der Waals surface area contributed by atoms with Gasteiger partial charge in [-0.15, -0.1) is 0 Å². The van der Waals surface area contributed by atoms with Crippen molar-refractivity contribution in [3.8, 4) is 11.5 Å². The molecular weight excluding hydrogens is 359 g/mol. The highest BCUT2D eigenvalue weighted by Crippen LogP contribution is 2.32. The van der Waals surface area contributed by atoms with Gasteiger partial charge in [-0.05, 0) is 49.4 Å². The summed E-state index contributed by atoms with van der Waals surface area (Å²) in [5, 5.41) is 0. The standard InChI is InChI=1S/C16H14F3NO4S/c1-2-25(22,23)20-15(21)11-6-8-13(9-7-11)24-14-5-3-4-12(10-14)16(17,18)19/h3-10H,2H2,1H3,(H,20,21). The van der Waals surface area contributed by atoms with E-state index in [9.17, 15) is 26.4 Å². The Morgan fingerprint density at radius 3 is 2.28 bits per heavy atom. The number of hydrogen-bond donors (Lipinski definition) is 1. The van der Waals surface area contributed by atoms with Gasteiger partial charge in [0.2, 0.25) is 10.0 Å². The number of benzene rings is 2. The van der Waals surface area contributed by atoms with Crippen molar-refractivity contribution in [3.05, 3.63) is 59.7 Å². The van der Waals surface area contributed by atoms with Crippen LogP contribution in [0.3, 0.4) is 0 Å². The van der Waals surface area contributed by atoms with E-state index in [1.807, 2.05) is 4.72 Å². The lowest BCUT2D eigenvalue weighted by Gasteiger charge is -2.10. The molecule has 0 atom stereocenters. The predicted octanol–water partition coefficient (Wildman–Crippen LogP) is 3.58. The van der Waals surface area contributed by atoms with Gasteiger partial charge in [-0.1, -0.05) is 6.07 Å². The maximum absolute atomic E-state index is 12.7. The largest absolute Gasteiger partial charge is 0.457 e. The highest BCUT2D eigenvalue weighted by Gasteiger charge is 2.30. The van der Waals surface area contributed by atoms with E-state index in [0.29, 0.717) is 0 Å². The summed E-state index contributed by atoms with van der Waals surface area (Å²) < 4.78 is 67.9. The molecule has 5 nitrogen and oxygen atoms in total. The molecule has 0 unspecified atom stereocenters. The van der Waals surface area contributed by atoms with Crippen LogP contribution in [0.1, 0.15) is 22.8 Å². The molecule has 1 N–H and O–H groups in total. The summed E-state index contributed by atoms with van der Waals surface area (Å²) >= 11 is 0. The van der Waals surface area contributed by atoms with Crippen molar-refractivity contribution in [1.82, 2.24) is 4.72 Å². The van der Waals surface area contributed by atoms with Crippen LogP contribution in [-0.2, 0) is 16.2 Å². The fourth-order valence-corrected chi connectivity index (χ4v) is 2.36. The number of amides is 1. The van der Waals surface area contributed by atoms with Gasteiger partial charge in [-0.2, -0.15) is 13.2 Å². The summed E-state index contributed by atoms with van der Waals surface area (Å²) in [6.45, 7) is 1.39. The van der Waals surface area contributed by atoms with Crippen molar-refractivity contribution in [3.63, 3.8) is 0 Å². The molecule has 1 amide bonds. The number of halogens is 3. The molecule has 0 saturated carbocycles. The Labute approximate surface area is 142 Å². The van der Waals surface area contributed by atoms with E-state index in [-0.39, 0.29) is 22.8 Å². The number of rotatable bonds is 5. The topological polar surface area (TPSA) is 72.5 Å². The molecule has 0 bridgehead atoms. The molecule has 2 rings (SSSR count). The summed E-state index contributed by atoms with van der Waals surface area (Å²) in [5.41, 5.74) is -0.765. The lowest BCUT2D eigenvalue weighted by atomic mass is 10.2. The summed E-state index contributed by atoms with van der Waals surface area (Å²) in [6, 6.07) is 9.69. The first-order chi connectivity index (χ1) is 11.6. The third-order valence-corrected chi connectivity index (χ3v) is 4.40. The van der Waals surface area contributed by atoms with Crippen LogP contribution in [0.15, 0.2) is 48.5 Å². The molecule has 9 heteroatoms. The van der Waals surface area contributed by atoms with Crippen LogP contribution in [0.4, 0.5) is 13.2 Å². The molecule has 0 aliphatic carbocycles. The Kier molecular flexibility index (Phi) is 5.36. The SMILES string of the molecule is CCS(=O)(=O)NC(=O)c1ccc(Oc2cccc(C(F)(F)F)c2)cc1. The molecule has 0 aromatic heterocycles. The summed E-state index contributed by atoms with van der Waals surface area (Å²) in [4.78, 5) is 11.8. The van der Waals surface area contributed by atoms with E-state index in [1.165, 1.54) is 43.3 Å². The van der Waals surface area contributed by atoms with Gasteiger partial charge >= 0.3 is 6.18 Å². The number of alkyl halides is 3. The number of nitrogens with one attached hydrogen (secondary N) is 1. The number of ether oxygens (including phenoxy) is 1. The van der Waals surface area contributed by atoms with Gasteiger partial charge in [0.1, 0.15) is 11.5 Å². The molecule has 0 heterocycles. The molecule has 0 radical (unpaired) electrons. The minimum Gasteiger partial charge on any atom is -0.457 e. The maximum Gasteiger partial charge on any atom is 0.416 e. The molecule has 0 spiro atoms.